The minimum atomic E-state index is -1.30. The molecule has 2 aromatic rings. The monoisotopic (exact) mass is 409 g/mol. The van der Waals surface area contributed by atoms with Gasteiger partial charge in [0.1, 0.15) is 6.54 Å². The highest BCUT2D eigenvalue weighted by atomic mass is 32.2. The minimum absolute atomic E-state index is 0.0123. The third-order valence-corrected chi connectivity index (χ3v) is 5.32. The van der Waals surface area contributed by atoms with Crippen molar-refractivity contribution in [1.82, 2.24) is 4.90 Å². The predicted molar refractivity (Wildman–Crippen MR) is 108 cm³/mol. The van der Waals surface area contributed by atoms with Crippen molar-refractivity contribution in [3.63, 3.8) is 0 Å². The van der Waals surface area contributed by atoms with E-state index in [-0.39, 0.29) is 10.5 Å². The Morgan fingerprint density at radius 1 is 1.07 bits per heavy atom. The number of aromatic carboxylic acids is 1. The van der Waals surface area contributed by atoms with Gasteiger partial charge in [-0.3, -0.25) is 19.3 Å². The van der Waals surface area contributed by atoms with Crippen LogP contribution in [-0.2, 0) is 9.59 Å². The van der Waals surface area contributed by atoms with E-state index in [4.69, 9.17) is 0 Å². The van der Waals surface area contributed by atoms with Gasteiger partial charge in [0.15, 0.2) is 0 Å². The minimum Gasteiger partial charge on any atom is -0.545 e. The Kier molecular flexibility index (Phi) is 5.84. The number of hydrogen-bond donors (Lipinski definition) is 1. The quantitative estimate of drug-likeness (QED) is 0.760. The lowest BCUT2D eigenvalue weighted by molar-refractivity contribution is -0.255. The number of rotatable bonds is 5. The molecule has 29 heavy (non-hydrogen) atoms. The van der Waals surface area contributed by atoms with Crippen molar-refractivity contribution in [1.29, 1.82) is 0 Å². The summed E-state index contributed by atoms with van der Waals surface area (Å²) in [6.45, 7) is 3.49. The van der Waals surface area contributed by atoms with Crippen LogP contribution in [0.5, 0.6) is 0 Å². The van der Waals surface area contributed by atoms with Crippen molar-refractivity contribution >= 4 is 46.5 Å². The molecular formula is C21H17N2O5S-. The maximum Gasteiger partial charge on any atom is 0.294 e. The Balaban J connectivity index is 1.68. The summed E-state index contributed by atoms with van der Waals surface area (Å²) in [7, 11) is 0. The van der Waals surface area contributed by atoms with Crippen molar-refractivity contribution in [2.75, 3.05) is 11.9 Å². The normalized spacial score (nSPS) is 15.1. The Hall–Kier alpha value is -3.39. The number of benzene rings is 2. The predicted octanol–water partition coefficient (Wildman–Crippen LogP) is 2.34. The highest BCUT2D eigenvalue weighted by molar-refractivity contribution is 8.18. The van der Waals surface area contributed by atoms with Crippen LogP contribution >= 0.6 is 11.8 Å². The summed E-state index contributed by atoms with van der Waals surface area (Å²) in [5.41, 5.74) is 3.26. The zero-order valence-corrected chi connectivity index (χ0v) is 16.5. The summed E-state index contributed by atoms with van der Waals surface area (Å²) >= 11 is 0.730. The van der Waals surface area contributed by atoms with E-state index in [0.717, 1.165) is 27.8 Å². The van der Waals surface area contributed by atoms with Gasteiger partial charge in [0, 0.05) is 5.69 Å². The molecule has 0 spiro atoms. The molecule has 1 aliphatic rings. The summed E-state index contributed by atoms with van der Waals surface area (Å²) < 4.78 is 0. The highest BCUT2D eigenvalue weighted by Crippen LogP contribution is 2.32. The lowest BCUT2D eigenvalue weighted by Gasteiger charge is -2.13. The van der Waals surface area contributed by atoms with Crippen LogP contribution in [0.4, 0.5) is 10.5 Å². The fourth-order valence-corrected chi connectivity index (χ4v) is 3.50. The van der Waals surface area contributed by atoms with Crippen molar-refractivity contribution in [3.8, 4) is 0 Å². The summed E-state index contributed by atoms with van der Waals surface area (Å²) in [5.74, 6) is -2.35. The van der Waals surface area contributed by atoms with Gasteiger partial charge in [-0.1, -0.05) is 30.3 Å². The van der Waals surface area contributed by atoms with Crippen LogP contribution in [-0.4, -0.2) is 34.5 Å². The number of thioether (sulfide) groups is 1. The van der Waals surface area contributed by atoms with Crippen LogP contribution in [0.25, 0.3) is 6.08 Å². The Morgan fingerprint density at radius 3 is 2.38 bits per heavy atom. The van der Waals surface area contributed by atoms with Gasteiger partial charge in [0.2, 0.25) is 5.91 Å². The summed E-state index contributed by atoms with van der Waals surface area (Å²) in [6, 6.07) is 11.2. The number of anilines is 1. The van der Waals surface area contributed by atoms with Gasteiger partial charge in [0.25, 0.3) is 11.1 Å². The Labute approximate surface area is 171 Å². The fourth-order valence-electron chi connectivity index (χ4n) is 2.67. The highest BCUT2D eigenvalue weighted by Gasteiger charge is 2.36. The zero-order valence-electron chi connectivity index (χ0n) is 15.7. The summed E-state index contributed by atoms with van der Waals surface area (Å²) in [5, 5.41) is 12.9. The number of nitrogens with one attached hydrogen (secondary N) is 1. The number of hydrogen-bond acceptors (Lipinski definition) is 6. The molecule has 1 saturated heterocycles. The van der Waals surface area contributed by atoms with Gasteiger partial charge in [0.05, 0.1) is 10.9 Å². The molecular weight excluding hydrogens is 392 g/mol. The maximum absolute atomic E-state index is 12.5. The molecule has 2 aromatic carbocycles. The van der Waals surface area contributed by atoms with E-state index in [2.05, 4.69) is 5.32 Å². The van der Waals surface area contributed by atoms with E-state index < -0.39 is 29.6 Å². The van der Waals surface area contributed by atoms with E-state index in [0.29, 0.717) is 11.3 Å². The molecule has 148 valence electrons. The number of amides is 3. The lowest BCUT2D eigenvalue weighted by Crippen LogP contribution is -2.36. The molecule has 0 unspecified atom stereocenters. The lowest BCUT2D eigenvalue weighted by atomic mass is 10.1. The first kappa shape index (κ1) is 20.3. The van der Waals surface area contributed by atoms with E-state index in [9.17, 15) is 24.3 Å². The number of carboxylic acids is 1. The zero-order chi connectivity index (χ0) is 21.1. The molecule has 8 heteroatoms. The molecule has 1 aliphatic heterocycles. The summed E-state index contributed by atoms with van der Waals surface area (Å²) in [4.78, 5) is 48.8. The number of nitrogens with zero attached hydrogens (tertiary/aromatic N) is 1. The SMILES string of the molecule is Cc1ccc(NC(=O)CN2C(=O)S/C(=C/c3ccc(C(=O)[O-])cc3)C2=O)cc1C. The first-order chi connectivity index (χ1) is 13.7. The molecule has 1 fully saturated rings. The van der Waals surface area contributed by atoms with Gasteiger partial charge in [-0.15, -0.1) is 0 Å². The third-order valence-electron chi connectivity index (χ3n) is 4.41. The second-order valence-electron chi connectivity index (χ2n) is 6.52. The Morgan fingerprint density at radius 2 is 1.76 bits per heavy atom. The molecule has 0 saturated carbocycles. The third kappa shape index (κ3) is 4.72. The molecule has 0 aromatic heterocycles. The number of imide groups is 1. The standard InChI is InChI=1S/C21H18N2O5S/c1-12-3-8-16(9-13(12)2)22-18(24)11-23-19(25)17(29-21(23)28)10-14-4-6-15(7-5-14)20(26)27/h3-10H,11H2,1-2H3,(H,22,24)(H,26,27)/p-1/b17-10+. The number of carboxylic acid groups (broad SMARTS) is 1. The van der Waals surface area contributed by atoms with Crippen LogP contribution in [0.2, 0.25) is 0 Å². The van der Waals surface area contributed by atoms with Crippen LogP contribution < -0.4 is 10.4 Å². The Bertz CT molecular complexity index is 1040. The van der Waals surface area contributed by atoms with Crippen molar-refractivity contribution in [2.24, 2.45) is 0 Å². The molecule has 1 heterocycles. The second kappa shape index (κ2) is 8.32. The number of carbonyl (C=O) groups is 4. The summed E-state index contributed by atoms with van der Waals surface area (Å²) in [6.07, 6.45) is 1.48. The fraction of sp³-hybridized carbons (Fsp3) is 0.143. The average Bonchev–Trinajstić information content (AvgIpc) is 2.92. The smallest absolute Gasteiger partial charge is 0.294 e. The van der Waals surface area contributed by atoms with E-state index >= 15 is 0 Å². The van der Waals surface area contributed by atoms with Crippen LogP contribution in [0.1, 0.15) is 27.0 Å². The molecule has 1 N–H and O–H groups in total. The second-order valence-corrected chi connectivity index (χ2v) is 7.52. The molecule has 3 amide bonds. The first-order valence-electron chi connectivity index (χ1n) is 8.68. The number of aryl methyl sites for hydroxylation is 2. The molecule has 0 bridgehead atoms. The van der Waals surface area contributed by atoms with Crippen LogP contribution in [0.15, 0.2) is 47.4 Å². The topological polar surface area (TPSA) is 107 Å². The van der Waals surface area contributed by atoms with Gasteiger partial charge in [-0.05, 0) is 66.1 Å². The van der Waals surface area contributed by atoms with Crippen LogP contribution in [0, 0.1) is 13.8 Å². The largest absolute Gasteiger partial charge is 0.545 e. The first-order valence-corrected chi connectivity index (χ1v) is 9.50. The van der Waals surface area contributed by atoms with Crippen molar-refractivity contribution in [2.45, 2.75) is 13.8 Å². The van der Waals surface area contributed by atoms with Gasteiger partial charge in [-0.2, -0.15) is 0 Å². The van der Waals surface area contributed by atoms with Gasteiger partial charge >= 0.3 is 0 Å². The van der Waals surface area contributed by atoms with Gasteiger partial charge in [-0.25, -0.2) is 0 Å². The maximum atomic E-state index is 12.5. The molecule has 3 rings (SSSR count). The molecule has 7 nitrogen and oxygen atoms in total. The van der Waals surface area contributed by atoms with E-state index in [1.165, 1.54) is 30.3 Å². The van der Waals surface area contributed by atoms with Crippen molar-refractivity contribution in [3.05, 3.63) is 69.6 Å². The molecule has 0 atom stereocenters. The van der Waals surface area contributed by atoms with Gasteiger partial charge < -0.3 is 15.2 Å². The van der Waals surface area contributed by atoms with Crippen LogP contribution in [0.3, 0.4) is 0 Å². The van der Waals surface area contributed by atoms with E-state index in [1.807, 2.05) is 26.0 Å². The number of carbonyl (C=O) groups excluding carboxylic acids is 4. The van der Waals surface area contributed by atoms with Crippen molar-refractivity contribution < 1.29 is 24.3 Å². The van der Waals surface area contributed by atoms with E-state index in [1.54, 1.807) is 6.07 Å². The molecule has 0 aliphatic carbocycles. The average molecular weight is 409 g/mol. The molecule has 0 radical (unpaired) electrons.